The van der Waals surface area contributed by atoms with Gasteiger partial charge in [-0.25, -0.2) is 21.6 Å². The third-order valence-electron chi connectivity index (χ3n) is 3.43. The minimum atomic E-state index is -3.58. The predicted octanol–water partition coefficient (Wildman–Crippen LogP) is 0.746. The Morgan fingerprint density at radius 3 is 2.30 bits per heavy atom. The van der Waals surface area contributed by atoms with Crippen molar-refractivity contribution in [3.8, 4) is 0 Å². The molecule has 1 aromatic rings. The van der Waals surface area contributed by atoms with Crippen LogP contribution in [-0.4, -0.2) is 40.3 Å². The van der Waals surface area contributed by atoms with E-state index in [0.29, 0.717) is 12.1 Å². The molecule has 23 heavy (non-hydrogen) atoms. The van der Waals surface area contributed by atoms with Crippen LogP contribution in [0, 0.1) is 5.92 Å². The summed E-state index contributed by atoms with van der Waals surface area (Å²) in [7, 11) is -6.70. The van der Waals surface area contributed by atoms with Gasteiger partial charge in [-0.2, -0.15) is 0 Å². The molecular weight excluding hydrogens is 340 g/mol. The van der Waals surface area contributed by atoms with Gasteiger partial charge in [0.1, 0.15) is 0 Å². The second-order valence-electron chi connectivity index (χ2n) is 5.89. The summed E-state index contributed by atoms with van der Waals surface area (Å²) in [5.41, 5.74) is 0.433. The smallest absolute Gasteiger partial charge is 0.240 e. The van der Waals surface area contributed by atoms with Crippen LogP contribution in [0.25, 0.3) is 0 Å². The van der Waals surface area contributed by atoms with E-state index in [0.717, 1.165) is 0 Å². The molecule has 0 saturated carbocycles. The van der Waals surface area contributed by atoms with Crippen molar-refractivity contribution < 1.29 is 21.6 Å². The van der Waals surface area contributed by atoms with Gasteiger partial charge >= 0.3 is 0 Å². The van der Waals surface area contributed by atoms with Crippen LogP contribution in [0.1, 0.15) is 20.3 Å². The molecule has 9 heteroatoms. The van der Waals surface area contributed by atoms with Gasteiger partial charge in [-0.1, -0.05) is 0 Å². The molecule has 0 spiro atoms. The van der Waals surface area contributed by atoms with Crippen molar-refractivity contribution in [1.29, 1.82) is 0 Å². The Balaban J connectivity index is 2.05. The summed E-state index contributed by atoms with van der Waals surface area (Å²) in [6.07, 6.45) is 0.318. The van der Waals surface area contributed by atoms with Crippen molar-refractivity contribution in [3.63, 3.8) is 0 Å². The quantitative estimate of drug-likeness (QED) is 0.805. The Hall–Kier alpha value is -1.45. The average molecular weight is 360 g/mol. The molecule has 1 aliphatic rings. The maximum atomic E-state index is 12.0. The number of rotatable bonds is 5. The molecule has 0 aliphatic carbocycles. The molecular formula is C14H20N2O5S2. The summed E-state index contributed by atoms with van der Waals surface area (Å²) in [6.45, 7) is 3.45. The van der Waals surface area contributed by atoms with Gasteiger partial charge in [-0.3, -0.25) is 4.79 Å². The summed E-state index contributed by atoms with van der Waals surface area (Å²) >= 11 is 0. The summed E-state index contributed by atoms with van der Waals surface area (Å²) in [4.78, 5) is 12.1. The molecule has 2 rings (SSSR count). The number of anilines is 1. The third kappa shape index (κ3) is 4.76. The van der Waals surface area contributed by atoms with Crippen molar-refractivity contribution in [3.05, 3.63) is 24.3 Å². The molecule has 1 fully saturated rings. The Morgan fingerprint density at radius 2 is 1.83 bits per heavy atom. The zero-order chi connectivity index (χ0) is 17.3. The van der Waals surface area contributed by atoms with E-state index in [2.05, 4.69) is 10.0 Å². The normalized spacial score (nSPS) is 20.6. The second kappa shape index (κ2) is 6.58. The first-order valence-electron chi connectivity index (χ1n) is 7.23. The number of carbonyl (C=O) groups excluding carboxylic acids is 1. The van der Waals surface area contributed by atoms with Crippen LogP contribution in [0.3, 0.4) is 0 Å². The van der Waals surface area contributed by atoms with Crippen LogP contribution in [0.4, 0.5) is 5.69 Å². The lowest BCUT2D eigenvalue weighted by Crippen LogP contribution is -2.30. The number of sulfone groups is 1. The lowest BCUT2D eigenvalue weighted by atomic mass is 10.1. The van der Waals surface area contributed by atoms with Gasteiger partial charge in [-0.05, 0) is 44.5 Å². The maximum Gasteiger partial charge on any atom is 0.240 e. The SMILES string of the molecule is CC(C)NS(=O)(=O)c1ccc(NC(=O)C2CCS(=O)(=O)C2)cc1. The standard InChI is InChI=1S/C14H20N2O5S2/c1-10(2)16-23(20,21)13-5-3-12(4-6-13)15-14(17)11-7-8-22(18,19)9-11/h3-6,10-11,16H,7-9H2,1-2H3,(H,15,17). The highest BCUT2D eigenvalue weighted by Gasteiger charge is 2.32. The van der Waals surface area contributed by atoms with Gasteiger partial charge in [0.15, 0.2) is 9.84 Å². The highest BCUT2D eigenvalue weighted by molar-refractivity contribution is 7.91. The molecule has 7 nitrogen and oxygen atoms in total. The lowest BCUT2D eigenvalue weighted by molar-refractivity contribution is -0.119. The Labute approximate surface area is 136 Å². The Bertz CT molecular complexity index is 783. The van der Waals surface area contributed by atoms with Crippen LogP contribution in [0.5, 0.6) is 0 Å². The fraction of sp³-hybridized carbons (Fsp3) is 0.500. The van der Waals surface area contributed by atoms with Crippen molar-refractivity contribution in [2.24, 2.45) is 5.92 Å². The monoisotopic (exact) mass is 360 g/mol. The number of hydrogen-bond donors (Lipinski definition) is 2. The molecule has 128 valence electrons. The summed E-state index contributed by atoms with van der Waals surface area (Å²) in [6, 6.07) is 5.54. The predicted molar refractivity (Wildman–Crippen MR) is 87.3 cm³/mol. The van der Waals surface area contributed by atoms with Crippen molar-refractivity contribution in [2.75, 3.05) is 16.8 Å². The van der Waals surface area contributed by atoms with Gasteiger partial charge in [0.05, 0.1) is 22.3 Å². The number of nitrogens with one attached hydrogen (secondary N) is 2. The van der Waals surface area contributed by atoms with Crippen LogP contribution in [0.2, 0.25) is 0 Å². The Kier molecular flexibility index (Phi) is 5.12. The molecule has 1 aliphatic heterocycles. The molecule has 1 amide bonds. The van der Waals surface area contributed by atoms with E-state index in [1.165, 1.54) is 24.3 Å². The van der Waals surface area contributed by atoms with Crippen LogP contribution in [-0.2, 0) is 24.7 Å². The van der Waals surface area contributed by atoms with Gasteiger partial charge in [-0.15, -0.1) is 0 Å². The number of carbonyl (C=O) groups is 1. The summed E-state index contributed by atoms with van der Waals surface area (Å²) in [5, 5.41) is 2.62. The second-order valence-corrected chi connectivity index (χ2v) is 9.83. The van der Waals surface area contributed by atoms with E-state index >= 15 is 0 Å². The summed E-state index contributed by atoms with van der Waals surface area (Å²) in [5.74, 6) is -1.01. The first kappa shape index (κ1) is 17.9. The van der Waals surface area contributed by atoms with E-state index in [-0.39, 0.29) is 28.4 Å². The molecule has 0 radical (unpaired) electrons. The first-order chi connectivity index (χ1) is 10.6. The zero-order valence-corrected chi connectivity index (χ0v) is 14.6. The van der Waals surface area contributed by atoms with E-state index in [9.17, 15) is 21.6 Å². The largest absolute Gasteiger partial charge is 0.326 e. The Morgan fingerprint density at radius 1 is 1.22 bits per heavy atom. The number of benzene rings is 1. The highest BCUT2D eigenvalue weighted by Crippen LogP contribution is 2.21. The highest BCUT2D eigenvalue weighted by atomic mass is 32.2. The molecule has 1 heterocycles. The van der Waals surface area contributed by atoms with E-state index in [4.69, 9.17) is 0 Å². The lowest BCUT2D eigenvalue weighted by Gasteiger charge is -2.12. The third-order valence-corrected chi connectivity index (χ3v) is 6.87. The zero-order valence-electron chi connectivity index (χ0n) is 12.9. The van der Waals surface area contributed by atoms with E-state index < -0.39 is 25.8 Å². The van der Waals surface area contributed by atoms with Crippen LogP contribution in [0.15, 0.2) is 29.2 Å². The molecule has 2 N–H and O–H groups in total. The molecule has 1 aromatic carbocycles. The summed E-state index contributed by atoms with van der Waals surface area (Å²) < 4.78 is 49.2. The number of amides is 1. The molecule has 0 bridgehead atoms. The molecule has 0 aromatic heterocycles. The minimum absolute atomic E-state index is 0.0309. The van der Waals surface area contributed by atoms with Gasteiger partial charge in [0, 0.05) is 11.7 Å². The van der Waals surface area contributed by atoms with Crippen molar-refractivity contribution in [2.45, 2.75) is 31.2 Å². The average Bonchev–Trinajstić information content (AvgIpc) is 2.78. The minimum Gasteiger partial charge on any atom is -0.326 e. The van der Waals surface area contributed by atoms with Crippen molar-refractivity contribution >= 4 is 31.5 Å². The first-order valence-corrected chi connectivity index (χ1v) is 10.5. The van der Waals surface area contributed by atoms with Crippen molar-refractivity contribution in [1.82, 2.24) is 4.72 Å². The number of hydrogen-bond acceptors (Lipinski definition) is 5. The van der Waals surface area contributed by atoms with Gasteiger partial charge in [0.2, 0.25) is 15.9 Å². The number of sulfonamides is 1. The van der Waals surface area contributed by atoms with E-state index in [1.807, 2.05) is 0 Å². The van der Waals surface area contributed by atoms with Gasteiger partial charge in [0.25, 0.3) is 0 Å². The molecule has 1 atom stereocenters. The van der Waals surface area contributed by atoms with Crippen LogP contribution >= 0.6 is 0 Å². The van der Waals surface area contributed by atoms with E-state index in [1.54, 1.807) is 13.8 Å². The van der Waals surface area contributed by atoms with Gasteiger partial charge < -0.3 is 5.32 Å². The molecule has 1 saturated heterocycles. The maximum absolute atomic E-state index is 12.0. The molecule has 1 unspecified atom stereocenters. The fourth-order valence-electron chi connectivity index (χ4n) is 2.34. The fourth-order valence-corrected chi connectivity index (χ4v) is 5.33. The van der Waals surface area contributed by atoms with Crippen LogP contribution < -0.4 is 10.0 Å². The topological polar surface area (TPSA) is 109 Å².